The van der Waals surface area contributed by atoms with Gasteiger partial charge in [0.1, 0.15) is 17.4 Å². The highest BCUT2D eigenvalue weighted by molar-refractivity contribution is 6.30. The summed E-state index contributed by atoms with van der Waals surface area (Å²) >= 11 is 6.05. The molecule has 1 saturated heterocycles. The molecule has 0 spiro atoms. The third kappa shape index (κ3) is 4.58. The van der Waals surface area contributed by atoms with Gasteiger partial charge < -0.3 is 19.5 Å². The number of anilines is 1. The Labute approximate surface area is 157 Å². The molecule has 0 radical (unpaired) electrons. The first kappa shape index (κ1) is 17.9. The molecule has 2 aromatic rings. The van der Waals surface area contributed by atoms with Crippen LogP contribution in [0.2, 0.25) is 5.02 Å². The van der Waals surface area contributed by atoms with Gasteiger partial charge in [0.05, 0.1) is 12.8 Å². The Kier molecular flexibility index (Phi) is 5.82. The van der Waals surface area contributed by atoms with Crippen molar-refractivity contribution in [3.63, 3.8) is 0 Å². The molecular formula is C19H19ClN4O2. The number of hydrogen-bond acceptors (Lipinski definition) is 5. The fourth-order valence-electron chi connectivity index (χ4n) is 2.78. The average Bonchev–Trinajstić information content (AvgIpc) is 3.18. The molecule has 26 heavy (non-hydrogen) atoms. The Morgan fingerprint density at radius 3 is 2.73 bits per heavy atom. The summed E-state index contributed by atoms with van der Waals surface area (Å²) in [6.45, 7) is 3.30. The molecule has 0 atom stereocenters. The number of furan rings is 1. The molecule has 1 aromatic carbocycles. The maximum atomic E-state index is 12.2. The normalized spacial score (nSPS) is 14.8. The van der Waals surface area contributed by atoms with Crippen molar-refractivity contribution in [3.8, 4) is 6.07 Å². The second kappa shape index (κ2) is 8.45. The lowest BCUT2D eigenvalue weighted by atomic mass is 10.2. The van der Waals surface area contributed by atoms with Gasteiger partial charge in [0, 0.05) is 43.1 Å². The molecule has 7 heteroatoms. The van der Waals surface area contributed by atoms with Crippen molar-refractivity contribution in [2.24, 2.45) is 0 Å². The predicted octanol–water partition coefficient (Wildman–Crippen LogP) is 2.78. The highest BCUT2D eigenvalue weighted by atomic mass is 35.5. The molecule has 0 bridgehead atoms. The molecule has 6 nitrogen and oxygen atoms in total. The molecule has 1 amide bonds. The summed E-state index contributed by atoms with van der Waals surface area (Å²) in [5.41, 5.74) is 1.17. The number of carbonyl (C=O) groups excluding carboxylic acids is 1. The zero-order chi connectivity index (χ0) is 18.4. The lowest BCUT2D eigenvalue weighted by molar-refractivity contribution is -0.117. The van der Waals surface area contributed by atoms with Crippen LogP contribution in [0.3, 0.4) is 0 Å². The summed E-state index contributed by atoms with van der Waals surface area (Å²) < 4.78 is 5.17. The fourth-order valence-corrected chi connectivity index (χ4v) is 2.96. The van der Waals surface area contributed by atoms with E-state index in [2.05, 4.69) is 10.2 Å². The van der Waals surface area contributed by atoms with Crippen molar-refractivity contribution in [2.45, 2.75) is 6.54 Å². The number of nitrogens with one attached hydrogen (secondary N) is 1. The molecule has 134 valence electrons. The smallest absolute Gasteiger partial charge is 0.263 e. The molecule has 1 aromatic heterocycles. The van der Waals surface area contributed by atoms with E-state index in [9.17, 15) is 10.1 Å². The zero-order valence-corrected chi connectivity index (χ0v) is 14.9. The van der Waals surface area contributed by atoms with Crippen LogP contribution in [0.1, 0.15) is 5.76 Å². The van der Waals surface area contributed by atoms with Crippen LogP contribution in [0.5, 0.6) is 0 Å². The second-order valence-electron chi connectivity index (χ2n) is 5.92. The van der Waals surface area contributed by atoms with E-state index >= 15 is 0 Å². The zero-order valence-electron chi connectivity index (χ0n) is 14.2. The fraction of sp³-hybridized carbons (Fsp3) is 0.263. The van der Waals surface area contributed by atoms with Gasteiger partial charge in [0.25, 0.3) is 5.91 Å². The van der Waals surface area contributed by atoms with Crippen molar-refractivity contribution in [2.75, 3.05) is 31.1 Å². The lowest BCUT2D eigenvalue weighted by Crippen LogP contribution is -2.44. The molecule has 1 fully saturated rings. The van der Waals surface area contributed by atoms with E-state index in [4.69, 9.17) is 16.0 Å². The Hall–Kier alpha value is -2.91. The minimum atomic E-state index is -0.402. The molecule has 1 aliphatic rings. The third-order valence-electron chi connectivity index (χ3n) is 4.17. The van der Waals surface area contributed by atoms with Gasteiger partial charge in [-0.15, -0.1) is 0 Å². The summed E-state index contributed by atoms with van der Waals surface area (Å²) in [5.74, 6) is 0.243. The first-order chi connectivity index (χ1) is 12.7. The number of halogens is 1. The van der Waals surface area contributed by atoms with Crippen LogP contribution < -0.4 is 10.2 Å². The molecule has 2 heterocycles. The van der Waals surface area contributed by atoms with Crippen LogP contribution in [-0.2, 0) is 11.3 Å². The Morgan fingerprint density at radius 2 is 2.08 bits per heavy atom. The Morgan fingerprint density at radius 1 is 1.27 bits per heavy atom. The standard InChI is InChI=1S/C19H19ClN4O2/c20-16-3-1-4-17(11-16)24-8-6-23(7-9-24)14-15(12-21)19(25)22-13-18-5-2-10-26-18/h1-5,10-11,14H,6-9,13H2,(H,22,25). The maximum Gasteiger partial charge on any atom is 0.263 e. The monoisotopic (exact) mass is 370 g/mol. The summed E-state index contributed by atoms with van der Waals surface area (Å²) in [6.07, 6.45) is 3.18. The molecule has 1 N–H and O–H groups in total. The summed E-state index contributed by atoms with van der Waals surface area (Å²) in [4.78, 5) is 16.4. The van der Waals surface area contributed by atoms with Crippen molar-refractivity contribution < 1.29 is 9.21 Å². The Balaban J connectivity index is 1.55. The van der Waals surface area contributed by atoms with Crippen molar-refractivity contribution >= 4 is 23.2 Å². The SMILES string of the molecule is N#CC(=CN1CCN(c2cccc(Cl)c2)CC1)C(=O)NCc1ccco1. The first-order valence-electron chi connectivity index (χ1n) is 8.33. The molecule has 1 aliphatic heterocycles. The van der Waals surface area contributed by atoms with Crippen LogP contribution in [0, 0.1) is 11.3 Å². The summed E-state index contributed by atoms with van der Waals surface area (Å²) in [5, 5.41) is 12.7. The number of nitriles is 1. The number of nitrogens with zero attached hydrogens (tertiary/aromatic N) is 3. The Bertz CT molecular complexity index is 818. The van der Waals surface area contributed by atoms with Crippen LogP contribution >= 0.6 is 11.6 Å². The summed E-state index contributed by atoms with van der Waals surface area (Å²) in [7, 11) is 0. The van der Waals surface area contributed by atoms with Crippen LogP contribution in [0.25, 0.3) is 0 Å². The van der Waals surface area contributed by atoms with Gasteiger partial charge in [-0.05, 0) is 30.3 Å². The average molecular weight is 371 g/mol. The second-order valence-corrected chi connectivity index (χ2v) is 6.36. The molecule has 0 unspecified atom stereocenters. The minimum Gasteiger partial charge on any atom is -0.467 e. The van der Waals surface area contributed by atoms with Gasteiger partial charge in [0.2, 0.25) is 0 Å². The van der Waals surface area contributed by atoms with Crippen LogP contribution in [0.4, 0.5) is 5.69 Å². The molecule has 3 rings (SSSR count). The molecular weight excluding hydrogens is 352 g/mol. The van der Waals surface area contributed by atoms with Crippen LogP contribution in [-0.4, -0.2) is 37.0 Å². The third-order valence-corrected chi connectivity index (χ3v) is 4.40. The van der Waals surface area contributed by atoms with Crippen molar-refractivity contribution in [3.05, 3.63) is 65.2 Å². The van der Waals surface area contributed by atoms with E-state index in [1.807, 2.05) is 35.2 Å². The van der Waals surface area contributed by atoms with E-state index < -0.39 is 5.91 Å². The first-order valence-corrected chi connectivity index (χ1v) is 8.70. The van der Waals surface area contributed by atoms with E-state index in [0.29, 0.717) is 10.8 Å². The molecule has 0 saturated carbocycles. The van der Waals surface area contributed by atoms with E-state index in [1.54, 1.807) is 24.6 Å². The highest BCUT2D eigenvalue weighted by Crippen LogP contribution is 2.21. The van der Waals surface area contributed by atoms with E-state index in [1.165, 1.54) is 0 Å². The van der Waals surface area contributed by atoms with E-state index in [-0.39, 0.29) is 12.1 Å². The van der Waals surface area contributed by atoms with Crippen molar-refractivity contribution in [1.82, 2.24) is 10.2 Å². The quantitative estimate of drug-likeness (QED) is 0.647. The van der Waals surface area contributed by atoms with Gasteiger partial charge in [-0.25, -0.2) is 0 Å². The predicted molar refractivity (Wildman–Crippen MR) is 99.5 cm³/mol. The van der Waals surface area contributed by atoms with Crippen LogP contribution in [0.15, 0.2) is 58.9 Å². The topological polar surface area (TPSA) is 72.5 Å². The van der Waals surface area contributed by atoms with Crippen molar-refractivity contribution in [1.29, 1.82) is 5.26 Å². The number of hydrogen-bond donors (Lipinski definition) is 1. The highest BCUT2D eigenvalue weighted by Gasteiger charge is 2.18. The molecule has 0 aliphatic carbocycles. The van der Waals surface area contributed by atoms with E-state index in [0.717, 1.165) is 31.9 Å². The van der Waals surface area contributed by atoms with Gasteiger partial charge >= 0.3 is 0 Å². The largest absolute Gasteiger partial charge is 0.467 e. The number of piperazine rings is 1. The number of carbonyl (C=O) groups is 1. The number of benzene rings is 1. The maximum absolute atomic E-state index is 12.2. The number of amides is 1. The van der Waals surface area contributed by atoms with Gasteiger partial charge in [-0.1, -0.05) is 17.7 Å². The van der Waals surface area contributed by atoms with Gasteiger partial charge in [-0.2, -0.15) is 5.26 Å². The number of rotatable bonds is 5. The van der Waals surface area contributed by atoms with Gasteiger partial charge in [-0.3, -0.25) is 4.79 Å². The summed E-state index contributed by atoms with van der Waals surface area (Å²) in [6, 6.07) is 13.2. The minimum absolute atomic E-state index is 0.0905. The lowest BCUT2D eigenvalue weighted by Gasteiger charge is -2.35. The van der Waals surface area contributed by atoms with Gasteiger partial charge in [0.15, 0.2) is 0 Å².